The minimum atomic E-state index is -0.920. The largest absolute Gasteiger partial charge is 0.412 e. The highest BCUT2D eigenvalue weighted by Gasteiger charge is 2.36. The van der Waals surface area contributed by atoms with Crippen molar-refractivity contribution in [3.05, 3.63) is 0 Å². The molecule has 0 radical (unpaired) electrons. The fourth-order valence-corrected chi connectivity index (χ4v) is 3.67. The van der Waals surface area contributed by atoms with Gasteiger partial charge in [0.15, 0.2) is 0 Å². The standard InChI is InChI=1S/C15H26F2.2H2O/c1-10-3-5-12(6-4-10)13-7-8-14(16)11(2)15(17)9-13;;/h10-15H,3-9H2,1-2H3;2*1H2. The molecule has 116 valence electrons. The van der Waals surface area contributed by atoms with Crippen LogP contribution in [0.2, 0.25) is 0 Å². The average Bonchev–Trinajstić information content (AvgIpc) is 2.44. The van der Waals surface area contributed by atoms with E-state index in [0.717, 1.165) is 12.3 Å². The second kappa shape index (κ2) is 8.15. The van der Waals surface area contributed by atoms with Gasteiger partial charge in [0, 0.05) is 5.92 Å². The molecule has 19 heavy (non-hydrogen) atoms. The van der Waals surface area contributed by atoms with E-state index in [2.05, 4.69) is 6.92 Å². The van der Waals surface area contributed by atoms with Crippen LogP contribution in [0.3, 0.4) is 0 Å². The van der Waals surface area contributed by atoms with Crippen molar-refractivity contribution in [3.63, 3.8) is 0 Å². The Labute approximate surface area is 115 Å². The summed E-state index contributed by atoms with van der Waals surface area (Å²) in [5.74, 6) is 1.57. The van der Waals surface area contributed by atoms with Gasteiger partial charge < -0.3 is 11.0 Å². The van der Waals surface area contributed by atoms with Crippen molar-refractivity contribution in [1.82, 2.24) is 0 Å². The molecule has 2 nitrogen and oxygen atoms in total. The summed E-state index contributed by atoms with van der Waals surface area (Å²) in [4.78, 5) is 0. The first kappa shape index (κ1) is 18.8. The molecule has 4 atom stereocenters. The summed E-state index contributed by atoms with van der Waals surface area (Å²) < 4.78 is 27.6. The molecule has 2 rings (SSSR count). The first-order valence-corrected chi connectivity index (χ1v) is 7.36. The monoisotopic (exact) mass is 280 g/mol. The van der Waals surface area contributed by atoms with Crippen LogP contribution in [0.15, 0.2) is 0 Å². The van der Waals surface area contributed by atoms with Gasteiger partial charge in [0.05, 0.1) is 0 Å². The molecule has 0 bridgehead atoms. The molecule has 2 aliphatic rings. The van der Waals surface area contributed by atoms with Crippen LogP contribution in [-0.4, -0.2) is 23.3 Å². The molecule has 0 saturated heterocycles. The fourth-order valence-electron chi connectivity index (χ4n) is 3.67. The zero-order chi connectivity index (χ0) is 12.4. The topological polar surface area (TPSA) is 63.0 Å². The average molecular weight is 280 g/mol. The first-order chi connectivity index (χ1) is 8.08. The van der Waals surface area contributed by atoms with E-state index in [9.17, 15) is 8.78 Å². The molecule has 0 aromatic rings. The number of hydrogen-bond donors (Lipinski definition) is 0. The Morgan fingerprint density at radius 1 is 0.684 bits per heavy atom. The van der Waals surface area contributed by atoms with Crippen molar-refractivity contribution in [1.29, 1.82) is 0 Å². The minimum Gasteiger partial charge on any atom is -0.412 e. The van der Waals surface area contributed by atoms with Gasteiger partial charge in [-0.05, 0) is 49.9 Å². The number of hydrogen-bond acceptors (Lipinski definition) is 0. The second-order valence-corrected chi connectivity index (χ2v) is 6.48. The van der Waals surface area contributed by atoms with E-state index in [1.165, 1.54) is 25.7 Å². The van der Waals surface area contributed by atoms with Crippen LogP contribution in [0.5, 0.6) is 0 Å². The van der Waals surface area contributed by atoms with Crippen molar-refractivity contribution in [2.75, 3.05) is 0 Å². The van der Waals surface area contributed by atoms with E-state index in [4.69, 9.17) is 0 Å². The van der Waals surface area contributed by atoms with Crippen LogP contribution < -0.4 is 0 Å². The molecule has 2 aliphatic carbocycles. The van der Waals surface area contributed by atoms with Crippen LogP contribution >= 0.6 is 0 Å². The van der Waals surface area contributed by atoms with Crippen molar-refractivity contribution in [3.8, 4) is 0 Å². The van der Waals surface area contributed by atoms with Gasteiger partial charge in [0.25, 0.3) is 0 Å². The maximum atomic E-state index is 13.9. The predicted molar refractivity (Wildman–Crippen MR) is 74.6 cm³/mol. The van der Waals surface area contributed by atoms with Crippen LogP contribution in [0.4, 0.5) is 8.78 Å². The normalized spacial score (nSPS) is 43.6. The maximum absolute atomic E-state index is 13.9. The number of alkyl halides is 2. The van der Waals surface area contributed by atoms with Crippen molar-refractivity contribution in [2.24, 2.45) is 23.7 Å². The highest BCUT2D eigenvalue weighted by atomic mass is 19.1. The number of halogens is 2. The first-order valence-electron chi connectivity index (χ1n) is 7.36. The molecule has 4 heteroatoms. The summed E-state index contributed by atoms with van der Waals surface area (Å²) in [5.41, 5.74) is 0. The van der Waals surface area contributed by atoms with E-state index in [1.807, 2.05) is 0 Å². The minimum absolute atomic E-state index is 0. The highest BCUT2D eigenvalue weighted by molar-refractivity contribution is 4.85. The zero-order valence-corrected chi connectivity index (χ0v) is 12.2. The van der Waals surface area contributed by atoms with E-state index < -0.39 is 12.3 Å². The van der Waals surface area contributed by atoms with Crippen molar-refractivity contribution < 1.29 is 19.7 Å². The van der Waals surface area contributed by atoms with E-state index in [1.54, 1.807) is 6.92 Å². The van der Waals surface area contributed by atoms with Crippen LogP contribution in [0, 0.1) is 23.7 Å². The molecular weight excluding hydrogens is 250 g/mol. The van der Waals surface area contributed by atoms with Gasteiger partial charge in [0.1, 0.15) is 12.3 Å². The third kappa shape index (κ3) is 4.67. The smallest absolute Gasteiger partial charge is 0.106 e. The van der Waals surface area contributed by atoms with Crippen LogP contribution in [0.1, 0.15) is 58.8 Å². The summed E-state index contributed by atoms with van der Waals surface area (Å²) in [6.45, 7) is 4.04. The zero-order valence-electron chi connectivity index (χ0n) is 12.2. The molecule has 4 N–H and O–H groups in total. The van der Waals surface area contributed by atoms with E-state index in [0.29, 0.717) is 24.7 Å². The van der Waals surface area contributed by atoms with Gasteiger partial charge in [-0.3, -0.25) is 0 Å². The lowest BCUT2D eigenvalue weighted by Crippen LogP contribution is -2.24. The Hall–Kier alpha value is -0.220. The quantitative estimate of drug-likeness (QED) is 0.662. The summed E-state index contributed by atoms with van der Waals surface area (Å²) >= 11 is 0. The van der Waals surface area contributed by atoms with E-state index in [-0.39, 0.29) is 16.9 Å². The lowest BCUT2D eigenvalue weighted by molar-refractivity contribution is 0.126. The van der Waals surface area contributed by atoms with E-state index >= 15 is 0 Å². The third-order valence-electron chi connectivity index (χ3n) is 5.21. The lowest BCUT2D eigenvalue weighted by Gasteiger charge is -2.32. The van der Waals surface area contributed by atoms with Gasteiger partial charge in [0.2, 0.25) is 0 Å². The van der Waals surface area contributed by atoms with Gasteiger partial charge in [-0.25, -0.2) is 8.78 Å². The van der Waals surface area contributed by atoms with Crippen molar-refractivity contribution >= 4 is 0 Å². The molecule has 0 aliphatic heterocycles. The molecule has 0 aromatic carbocycles. The van der Waals surface area contributed by atoms with Gasteiger partial charge in [-0.2, -0.15) is 0 Å². The molecule has 2 fully saturated rings. The molecule has 0 heterocycles. The molecular formula is C15H30F2O2. The maximum Gasteiger partial charge on any atom is 0.106 e. The van der Waals surface area contributed by atoms with Crippen LogP contribution in [-0.2, 0) is 0 Å². The SMILES string of the molecule is CC1CCC(C2CCC(F)C(C)C(F)C2)CC1.O.O. The fraction of sp³-hybridized carbons (Fsp3) is 1.00. The molecule has 0 amide bonds. The molecule has 0 spiro atoms. The Kier molecular flexibility index (Phi) is 8.06. The van der Waals surface area contributed by atoms with Gasteiger partial charge in [-0.15, -0.1) is 0 Å². The Balaban J connectivity index is 0.00000162. The summed E-state index contributed by atoms with van der Waals surface area (Å²) in [5, 5.41) is 0. The summed E-state index contributed by atoms with van der Waals surface area (Å²) in [6.07, 6.45) is 5.31. The molecule has 4 unspecified atom stereocenters. The third-order valence-corrected chi connectivity index (χ3v) is 5.21. The van der Waals surface area contributed by atoms with Gasteiger partial charge >= 0.3 is 0 Å². The van der Waals surface area contributed by atoms with Crippen molar-refractivity contribution in [2.45, 2.75) is 71.1 Å². The second-order valence-electron chi connectivity index (χ2n) is 6.48. The Bertz CT molecular complexity index is 242. The Morgan fingerprint density at radius 2 is 1.21 bits per heavy atom. The Morgan fingerprint density at radius 3 is 1.79 bits per heavy atom. The molecule has 0 aromatic heterocycles. The predicted octanol–water partition coefficient (Wildman–Crippen LogP) is 3.28. The van der Waals surface area contributed by atoms with Crippen LogP contribution in [0.25, 0.3) is 0 Å². The highest BCUT2D eigenvalue weighted by Crippen LogP contribution is 2.41. The molecule has 2 saturated carbocycles. The lowest BCUT2D eigenvalue weighted by atomic mass is 9.73. The van der Waals surface area contributed by atoms with Gasteiger partial charge in [-0.1, -0.05) is 26.7 Å². The summed E-state index contributed by atoms with van der Waals surface area (Å²) in [7, 11) is 0. The summed E-state index contributed by atoms with van der Waals surface area (Å²) in [6, 6.07) is 0. The number of rotatable bonds is 1.